The van der Waals surface area contributed by atoms with Gasteiger partial charge >= 0.3 is 0 Å². The van der Waals surface area contributed by atoms with Crippen LogP contribution in [0.15, 0.2) is 16.6 Å². The largest absolute Gasteiger partial charge is 0.504 e. The molecule has 1 rings (SSSR count). The molecule has 1 aromatic rings. The number of phenolic OH excluding ortho intramolecular Hbond substituents is 1. The molecule has 0 bridgehead atoms. The van der Waals surface area contributed by atoms with Gasteiger partial charge in [0.05, 0.1) is 7.11 Å². The molecule has 4 N–H and O–H groups in total. The normalized spacial score (nSPS) is 9.69. The van der Waals surface area contributed by atoms with Crippen LogP contribution < -0.4 is 10.5 Å². The van der Waals surface area contributed by atoms with E-state index >= 15 is 0 Å². The molecule has 0 radical (unpaired) electrons. The molecule has 0 saturated heterocycles. The van der Waals surface area contributed by atoms with E-state index in [1.54, 1.807) is 6.07 Å². The Bertz CT molecular complexity index is 352. The number of methoxy groups -OCH3 is 1. The fourth-order valence-electron chi connectivity index (χ4n) is 0.913. The first kappa shape index (κ1) is 9.85. The lowest BCUT2D eigenvalue weighted by atomic mass is 10.2. The topological polar surface area (TPSA) is 79.3 Å². The molecule has 0 aromatic heterocycles. The van der Waals surface area contributed by atoms with Crippen LogP contribution >= 0.6 is 15.9 Å². The summed E-state index contributed by atoms with van der Waals surface area (Å²) >= 11 is 3.21. The van der Waals surface area contributed by atoms with Crippen molar-refractivity contribution in [2.75, 3.05) is 7.11 Å². The SMILES string of the molecule is COc1cc(Br)c(C(=N)N)cc1O. The predicted octanol–water partition coefficient (Wildman–Crippen LogP) is 1.45. The lowest BCUT2D eigenvalue weighted by Crippen LogP contribution is -2.11. The average molecular weight is 245 g/mol. The van der Waals surface area contributed by atoms with Crippen molar-refractivity contribution in [2.24, 2.45) is 5.73 Å². The van der Waals surface area contributed by atoms with Gasteiger partial charge in [0, 0.05) is 10.0 Å². The maximum absolute atomic E-state index is 9.37. The molecule has 0 saturated carbocycles. The van der Waals surface area contributed by atoms with Gasteiger partial charge in [-0.1, -0.05) is 0 Å². The van der Waals surface area contributed by atoms with E-state index in [0.29, 0.717) is 15.8 Å². The lowest BCUT2D eigenvalue weighted by molar-refractivity contribution is 0.373. The molecule has 0 aliphatic rings. The minimum atomic E-state index is -0.107. The molecular formula is C8H9BrN2O2. The zero-order valence-electron chi connectivity index (χ0n) is 6.97. The Hall–Kier alpha value is -1.23. The molecule has 0 aliphatic heterocycles. The van der Waals surface area contributed by atoms with E-state index in [1.165, 1.54) is 13.2 Å². The second-order valence-corrected chi connectivity index (χ2v) is 3.27. The van der Waals surface area contributed by atoms with Crippen molar-refractivity contribution >= 4 is 21.8 Å². The number of ether oxygens (including phenoxy) is 1. The van der Waals surface area contributed by atoms with Crippen molar-refractivity contribution in [3.05, 3.63) is 22.2 Å². The number of hydrogen-bond donors (Lipinski definition) is 3. The number of hydrogen-bond acceptors (Lipinski definition) is 3. The van der Waals surface area contributed by atoms with Gasteiger partial charge in [0.1, 0.15) is 5.84 Å². The number of amidine groups is 1. The summed E-state index contributed by atoms with van der Waals surface area (Å²) in [5, 5.41) is 16.6. The van der Waals surface area contributed by atoms with Gasteiger partial charge in [0.25, 0.3) is 0 Å². The first-order valence-electron chi connectivity index (χ1n) is 3.47. The van der Waals surface area contributed by atoms with Crippen LogP contribution in [0.5, 0.6) is 11.5 Å². The van der Waals surface area contributed by atoms with Crippen molar-refractivity contribution in [3.63, 3.8) is 0 Å². The van der Waals surface area contributed by atoms with Crippen LogP contribution in [0.25, 0.3) is 0 Å². The molecule has 0 spiro atoms. The molecule has 0 heterocycles. The zero-order chi connectivity index (χ0) is 10.0. The van der Waals surface area contributed by atoms with Crippen LogP contribution in [0.4, 0.5) is 0 Å². The van der Waals surface area contributed by atoms with Gasteiger partial charge in [0.15, 0.2) is 11.5 Å². The van der Waals surface area contributed by atoms with Gasteiger partial charge in [-0.05, 0) is 28.1 Å². The van der Waals surface area contributed by atoms with Crippen molar-refractivity contribution in [2.45, 2.75) is 0 Å². The smallest absolute Gasteiger partial charge is 0.161 e. The Kier molecular flexibility index (Phi) is 2.77. The minimum absolute atomic E-state index is 0.0316. The maximum atomic E-state index is 9.37. The fourth-order valence-corrected chi connectivity index (χ4v) is 1.45. The molecule has 1 aromatic carbocycles. The number of benzene rings is 1. The summed E-state index contributed by atoms with van der Waals surface area (Å²) in [4.78, 5) is 0. The highest BCUT2D eigenvalue weighted by Gasteiger charge is 2.09. The molecule has 0 atom stereocenters. The van der Waals surface area contributed by atoms with Crippen molar-refractivity contribution in [1.29, 1.82) is 5.41 Å². The average Bonchev–Trinajstić information content (AvgIpc) is 2.07. The molecule has 4 nitrogen and oxygen atoms in total. The van der Waals surface area contributed by atoms with Crippen LogP contribution in [-0.4, -0.2) is 18.1 Å². The highest BCUT2D eigenvalue weighted by molar-refractivity contribution is 9.10. The van der Waals surface area contributed by atoms with Crippen molar-refractivity contribution in [3.8, 4) is 11.5 Å². The number of aromatic hydroxyl groups is 1. The molecule has 70 valence electrons. The Labute approximate surface area is 84.0 Å². The minimum Gasteiger partial charge on any atom is -0.504 e. The molecule has 0 aliphatic carbocycles. The third-order valence-corrected chi connectivity index (χ3v) is 2.21. The Morgan fingerprint density at radius 3 is 2.69 bits per heavy atom. The third-order valence-electron chi connectivity index (χ3n) is 1.56. The van der Waals surface area contributed by atoms with Gasteiger partial charge in [-0.25, -0.2) is 0 Å². The molecule has 13 heavy (non-hydrogen) atoms. The second kappa shape index (κ2) is 3.66. The van der Waals surface area contributed by atoms with E-state index in [-0.39, 0.29) is 11.6 Å². The highest BCUT2D eigenvalue weighted by Crippen LogP contribution is 2.31. The van der Waals surface area contributed by atoms with E-state index in [9.17, 15) is 5.11 Å². The number of halogens is 1. The van der Waals surface area contributed by atoms with Crippen molar-refractivity contribution < 1.29 is 9.84 Å². The fraction of sp³-hybridized carbons (Fsp3) is 0.125. The highest BCUT2D eigenvalue weighted by atomic mass is 79.9. The van der Waals surface area contributed by atoms with Gasteiger partial charge in [-0.2, -0.15) is 0 Å². The number of phenols is 1. The monoisotopic (exact) mass is 244 g/mol. The van der Waals surface area contributed by atoms with E-state index < -0.39 is 0 Å². The number of nitrogens with one attached hydrogen (secondary N) is 1. The van der Waals surface area contributed by atoms with Crippen molar-refractivity contribution in [1.82, 2.24) is 0 Å². The van der Waals surface area contributed by atoms with Gasteiger partial charge in [-0.3, -0.25) is 5.41 Å². The summed E-state index contributed by atoms with van der Waals surface area (Å²) in [6, 6.07) is 2.94. The van der Waals surface area contributed by atoms with E-state index in [0.717, 1.165) is 0 Å². The Morgan fingerprint density at radius 1 is 1.62 bits per heavy atom. The van der Waals surface area contributed by atoms with Crippen LogP contribution in [0.2, 0.25) is 0 Å². The van der Waals surface area contributed by atoms with E-state index in [4.69, 9.17) is 15.9 Å². The summed E-state index contributed by atoms with van der Waals surface area (Å²) in [5.74, 6) is 0.206. The van der Waals surface area contributed by atoms with E-state index in [2.05, 4.69) is 15.9 Å². The quantitative estimate of drug-likeness (QED) is 0.545. The van der Waals surface area contributed by atoms with Gasteiger partial charge in [0.2, 0.25) is 0 Å². The first-order chi connectivity index (χ1) is 6.06. The summed E-state index contributed by atoms with van der Waals surface area (Å²) < 4.78 is 5.49. The standard InChI is InChI=1S/C8H9BrN2O2/c1-13-7-3-5(9)4(8(10)11)2-6(7)12/h2-3,12H,1H3,(H3,10,11). The number of rotatable bonds is 2. The predicted molar refractivity (Wildman–Crippen MR) is 53.4 cm³/mol. The van der Waals surface area contributed by atoms with Crippen LogP contribution in [0, 0.1) is 5.41 Å². The first-order valence-corrected chi connectivity index (χ1v) is 4.26. The van der Waals surface area contributed by atoms with Crippen LogP contribution in [0.3, 0.4) is 0 Å². The molecular weight excluding hydrogens is 236 g/mol. The van der Waals surface area contributed by atoms with Gasteiger partial charge in [-0.15, -0.1) is 0 Å². The molecule has 0 unspecified atom stereocenters. The van der Waals surface area contributed by atoms with Crippen LogP contribution in [0.1, 0.15) is 5.56 Å². The summed E-state index contributed by atoms with van der Waals surface area (Å²) in [5.41, 5.74) is 5.72. The Morgan fingerprint density at radius 2 is 2.23 bits per heavy atom. The molecule has 0 amide bonds. The maximum Gasteiger partial charge on any atom is 0.161 e. The van der Waals surface area contributed by atoms with E-state index in [1.807, 2.05) is 0 Å². The molecule has 5 heteroatoms. The number of nitrogen functional groups attached to an aromatic ring is 1. The Balaban J connectivity index is 3.28. The molecule has 0 fully saturated rings. The lowest BCUT2D eigenvalue weighted by Gasteiger charge is -2.07. The summed E-state index contributed by atoms with van der Waals surface area (Å²) in [6.45, 7) is 0. The third kappa shape index (κ3) is 1.92. The number of nitrogens with two attached hydrogens (primary N) is 1. The van der Waals surface area contributed by atoms with Crippen LogP contribution in [-0.2, 0) is 0 Å². The second-order valence-electron chi connectivity index (χ2n) is 2.42. The summed E-state index contributed by atoms with van der Waals surface area (Å²) in [7, 11) is 1.45. The summed E-state index contributed by atoms with van der Waals surface area (Å²) in [6.07, 6.45) is 0. The zero-order valence-corrected chi connectivity index (χ0v) is 8.55. The van der Waals surface area contributed by atoms with Gasteiger partial charge < -0.3 is 15.6 Å².